The van der Waals surface area contributed by atoms with Gasteiger partial charge in [-0.15, -0.1) is 0 Å². The number of hydrogen-bond acceptors (Lipinski definition) is 3. The number of nitrogens with zero attached hydrogens (tertiary/aromatic N) is 1. The minimum Gasteiger partial charge on any atom is -0.467 e. The molecule has 0 radical (unpaired) electrons. The summed E-state index contributed by atoms with van der Waals surface area (Å²) in [6, 6.07) is 7.16. The van der Waals surface area contributed by atoms with Crippen LogP contribution in [0.2, 0.25) is 0 Å². The summed E-state index contributed by atoms with van der Waals surface area (Å²) < 4.78 is 4.81. The number of esters is 1. The molecule has 0 aromatic heterocycles. The molecule has 1 amide bonds. The molecule has 1 aliphatic rings. The van der Waals surface area contributed by atoms with E-state index in [0.29, 0.717) is 18.5 Å². The third kappa shape index (κ3) is 3.00. The quantitative estimate of drug-likeness (QED) is 0.796. The molecule has 1 aromatic rings. The number of benzene rings is 1. The molecule has 4 nitrogen and oxygen atoms in total. The molecular formula is C16H21NO3. The first-order chi connectivity index (χ1) is 9.67. The van der Waals surface area contributed by atoms with Crippen LogP contribution in [0.1, 0.15) is 42.1 Å². The third-order valence-electron chi connectivity index (χ3n) is 3.85. The van der Waals surface area contributed by atoms with Gasteiger partial charge >= 0.3 is 5.97 Å². The number of likely N-dealkylation sites (tertiary alicyclic amines) is 1. The third-order valence-corrected chi connectivity index (χ3v) is 3.85. The van der Waals surface area contributed by atoms with E-state index in [9.17, 15) is 9.59 Å². The van der Waals surface area contributed by atoms with E-state index in [2.05, 4.69) is 6.92 Å². The lowest BCUT2D eigenvalue weighted by Gasteiger charge is -2.33. The van der Waals surface area contributed by atoms with E-state index in [-0.39, 0.29) is 11.9 Å². The van der Waals surface area contributed by atoms with Crippen molar-refractivity contribution in [2.45, 2.75) is 38.6 Å². The predicted molar refractivity (Wildman–Crippen MR) is 76.5 cm³/mol. The number of carbonyl (C=O) groups is 2. The van der Waals surface area contributed by atoms with Crippen molar-refractivity contribution in [3.8, 4) is 0 Å². The maximum absolute atomic E-state index is 12.5. The Labute approximate surface area is 119 Å². The van der Waals surface area contributed by atoms with Crippen molar-refractivity contribution in [1.82, 2.24) is 4.90 Å². The van der Waals surface area contributed by atoms with Crippen molar-refractivity contribution in [2.75, 3.05) is 13.7 Å². The zero-order chi connectivity index (χ0) is 14.5. The molecule has 0 spiro atoms. The van der Waals surface area contributed by atoms with Crippen molar-refractivity contribution < 1.29 is 14.3 Å². The molecule has 0 saturated carbocycles. The molecule has 0 aliphatic carbocycles. The van der Waals surface area contributed by atoms with Crippen molar-refractivity contribution in [2.24, 2.45) is 0 Å². The lowest BCUT2D eigenvalue weighted by atomic mass is 10.0. The van der Waals surface area contributed by atoms with Gasteiger partial charge in [0.1, 0.15) is 6.04 Å². The Balaban J connectivity index is 2.18. The number of hydrogen-bond donors (Lipinski definition) is 0. The normalized spacial score (nSPS) is 18.7. The summed E-state index contributed by atoms with van der Waals surface area (Å²) in [5.74, 6) is -0.397. The number of aryl methyl sites for hydroxylation is 1. The van der Waals surface area contributed by atoms with E-state index in [1.165, 1.54) is 12.7 Å². The fourth-order valence-electron chi connectivity index (χ4n) is 2.60. The molecule has 1 aliphatic heterocycles. The van der Waals surface area contributed by atoms with E-state index in [1.54, 1.807) is 4.90 Å². The van der Waals surface area contributed by atoms with Gasteiger partial charge in [-0.2, -0.15) is 0 Å². The lowest BCUT2D eigenvalue weighted by Crippen LogP contribution is -2.48. The molecule has 108 valence electrons. The van der Waals surface area contributed by atoms with Crippen LogP contribution >= 0.6 is 0 Å². The number of piperidine rings is 1. The van der Waals surface area contributed by atoms with Crippen LogP contribution in [0, 0.1) is 0 Å². The van der Waals surface area contributed by atoms with Gasteiger partial charge in [0, 0.05) is 12.1 Å². The van der Waals surface area contributed by atoms with Gasteiger partial charge in [0.05, 0.1) is 7.11 Å². The summed E-state index contributed by atoms with van der Waals surface area (Å²) in [6.45, 7) is 2.70. The first-order valence-corrected chi connectivity index (χ1v) is 7.15. The predicted octanol–water partition coefficient (Wildman–Crippen LogP) is 2.42. The molecule has 1 aromatic carbocycles. The van der Waals surface area contributed by atoms with Gasteiger partial charge in [0.2, 0.25) is 0 Å². The Hall–Kier alpha value is -1.84. The molecule has 0 bridgehead atoms. The molecular weight excluding hydrogens is 254 g/mol. The maximum atomic E-state index is 12.5. The summed E-state index contributed by atoms with van der Waals surface area (Å²) in [7, 11) is 1.37. The fourth-order valence-corrected chi connectivity index (χ4v) is 2.60. The highest BCUT2D eigenvalue weighted by molar-refractivity contribution is 5.97. The maximum Gasteiger partial charge on any atom is 0.328 e. The standard InChI is InChI=1S/C16H21NO3/c1-3-12-7-9-13(10-8-12)15(18)17-11-5-4-6-14(17)16(19)20-2/h7-10,14H,3-6,11H2,1-2H3. The van der Waals surface area contributed by atoms with Gasteiger partial charge in [0.15, 0.2) is 0 Å². The lowest BCUT2D eigenvalue weighted by molar-refractivity contribution is -0.147. The molecule has 0 N–H and O–H groups in total. The average Bonchev–Trinajstić information content (AvgIpc) is 2.53. The van der Waals surface area contributed by atoms with Crippen molar-refractivity contribution >= 4 is 11.9 Å². The Bertz CT molecular complexity index is 481. The molecule has 1 unspecified atom stereocenters. The Morgan fingerprint density at radius 3 is 2.55 bits per heavy atom. The first kappa shape index (κ1) is 14.6. The second-order valence-corrected chi connectivity index (χ2v) is 5.08. The van der Waals surface area contributed by atoms with Crippen LogP contribution in [-0.4, -0.2) is 36.5 Å². The second-order valence-electron chi connectivity index (χ2n) is 5.08. The van der Waals surface area contributed by atoms with Gasteiger partial charge in [-0.25, -0.2) is 4.79 Å². The summed E-state index contributed by atoms with van der Waals surface area (Å²) in [5, 5.41) is 0. The van der Waals surface area contributed by atoms with Gasteiger partial charge in [-0.3, -0.25) is 4.79 Å². The van der Waals surface area contributed by atoms with Crippen molar-refractivity contribution in [3.05, 3.63) is 35.4 Å². The minimum atomic E-state index is -0.438. The van der Waals surface area contributed by atoms with Crippen LogP contribution in [0.25, 0.3) is 0 Å². The smallest absolute Gasteiger partial charge is 0.328 e. The summed E-state index contributed by atoms with van der Waals surface area (Å²) in [5.41, 5.74) is 1.84. The van der Waals surface area contributed by atoms with Crippen LogP contribution in [0.15, 0.2) is 24.3 Å². The zero-order valence-corrected chi connectivity index (χ0v) is 12.1. The number of amides is 1. The monoisotopic (exact) mass is 275 g/mol. The molecule has 1 atom stereocenters. The summed E-state index contributed by atoms with van der Waals surface area (Å²) in [4.78, 5) is 26.0. The van der Waals surface area contributed by atoms with E-state index in [4.69, 9.17) is 4.74 Å². The molecule has 1 saturated heterocycles. The summed E-state index contributed by atoms with van der Waals surface area (Å²) in [6.07, 6.45) is 3.53. The van der Waals surface area contributed by atoms with Gasteiger partial charge in [0.25, 0.3) is 5.91 Å². The highest BCUT2D eigenvalue weighted by Gasteiger charge is 2.33. The van der Waals surface area contributed by atoms with Gasteiger partial charge in [-0.1, -0.05) is 19.1 Å². The van der Waals surface area contributed by atoms with E-state index in [1.807, 2.05) is 24.3 Å². The minimum absolute atomic E-state index is 0.0808. The van der Waals surface area contributed by atoms with Crippen LogP contribution in [-0.2, 0) is 16.0 Å². The van der Waals surface area contributed by atoms with Crippen LogP contribution in [0.4, 0.5) is 0 Å². The second kappa shape index (κ2) is 6.55. The SMILES string of the molecule is CCc1ccc(C(=O)N2CCCCC2C(=O)OC)cc1. The Morgan fingerprint density at radius 1 is 1.25 bits per heavy atom. The highest BCUT2D eigenvalue weighted by atomic mass is 16.5. The topological polar surface area (TPSA) is 46.6 Å². The van der Waals surface area contributed by atoms with E-state index in [0.717, 1.165) is 19.3 Å². The average molecular weight is 275 g/mol. The zero-order valence-electron chi connectivity index (χ0n) is 12.1. The Kier molecular flexibility index (Phi) is 4.77. The van der Waals surface area contributed by atoms with Crippen LogP contribution in [0.5, 0.6) is 0 Å². The first-order valence-electron chi connectivity index (χ1n) is 7.15. The van der Waals surface area contributed by atoms with E-state index < -0.39 is 6.04 Å². The fraction of sp³-hybridized carbons (Fsp3) is 0.500. The largest absolute Gasteiger partial charge is 0.467 e. The molecule has 1 fully saturated rings. The van der Waals surface area contributed by atoms with E-state index >= 15 is 0 Å². The molecule has 2 rings (SSSR count). The summed E-state index contributed by atoms with van der Waals surface area (Å²) >= 11 is 0. The van der Waals surface area contributed by atoms with Crippen LogP contribution in [0.3, 0.4) is 0 Å². The van der Waals surface area contributed by atoms with Crippen LogP contribution < -0.4 is 0 Å². The number of methoxy groups -OCH3 is 1. The van der Waals surface area contributed by atoms with Crippen molar-refractivity contribution in [3.63, 3.8) is 0 Å². The molecule has 20 heavy (non-hydrogen) atoms. The molecule has 4 heteroatoms. The number of carbonyl (C=O) groups excluding carboxylic acids is 2. The van der Waals surface area contributed by atoms with Crippen molar-refractivity contribution in [1.29, 1.82) is 0 Å². The highest BCUT2D eigenvalue weighted by Crippen LogP contribution is 2.21. The molecule has 1 heterocycles. The van der Waals surface area contributed by atoms with Gasteiger partial charge < -0.3 is 9.64 Å². The number of rotatable bonds is 3. The van der Waals surface area contributed by atoms with Gasteiger partial charge in [-0.05, 0) is 43.4 Å². The Morgan fingerprint density at radius 2 is 1.95 bits per heavy atom. The number of ether oxygens (including phenoxy) is 1.